The molecule has 0 fully saturated rings. The van der Waals surface area contributed by atoms with Crippen LogP contribution in [0.15, 0.2) is 68.1 Å². The second-order valence-corrected chi connectivity index (χ2v) is 5.65. The van der Waals surface area contributed by atoms with Gasteiger partial charge in [-0.15, -0.1) is 10.2 Å². The molecule has 4 aromatic rings. The lowest BCUT2D eigenvalue weighted by molar-refractivity contribution is 0.266. The Morgan fingerprint density at radius 2 is 1.78 bits per heavy atom. The zero-order valence-electron chi connectivity index (χ0n) is 11.9. The first-order valence-corrected chi connectivity index (χ1v) is 7.77. The molecule has 114 valence electrons. The van der Waals surface area contributed by atoms with Crippen LogP contribution in [0, 0.1) is 0 Å². The summed E-state index contributed by atoms with van der Waals surface area (Å²) in [7, 11) is 0. The van der Waals surface area contributed by atoms with Crippen molar-refractivity contribution in [3.05, 3.63) is 65.2 Å². The van der Waals surface area contributed by atoms with Crippen molar-refractivity contribution < 1.29 is 13.6 Å². The topological polar surface area (TPSA) is 61.3 Å². The first kappa shape index (κ1) is 14.0. The summed E-state index contributed by atoms with van der Waals surface area (Å²) in [6.07, 6.45) is 0. The minimum absolute atomic E-state index is 0.197. The van der Waals surface area contributed by atoms with Gasteiger partial charge < -0.3 is 13.6 Å². The predicted octanol–water partition coefficient (Wildman–Crippen LogP) is 4.82. The van der Waals surface area contributed by atoms with Gasteiger partial charge >= 0.3 is 0 Å². The third kappa shape index (κ3) is 2.85. The van der Waals surface area contributed by atoms with E-state index in [4.69, 9.17) is 13.6 Å². The number of benzene rings is 2. The molecule has 0 N–H and O–H groups in total. The number of ether oxygens (including phenoxy) is 1. The summed E-state index contributed by atoms with van der Waals surface area (Å²) in [4.78, 5) is 0. The molecule has 0 aliphatic heterocycles. The molecule has 0 saturated carbocycles. The molecule has 0 bridgehead atoms. The third-order valence-corrected chi connectivity index (χ3v) is 3.78. The number of fused-ring (bicyclic) bond motifs is 1. The number of nitrogens with zero attached hydrogens (tertiary/aromatic N) is 2. The van der Waals surface area contributed by atoms with Crippen molar-refractivity contribution in [3.63, 3.8) is 0 Å². The van der Waals surface area contributed by atoms with Crippen molar-refractivity contribution in [1.29, 1.82) is 0 Å². The highest BCUT2D eigenvalue weighted by atomic mass is 79.9. The average molecular weight is 371 g/mol. The molecule has 0 unspecified atom stereocenters. The van der Waals surface area contributed by atoms with Crippen LogP contribution >= 0.6 is 15.9 Å². The van der Waals surface area contributed by atoms with E-state index >= 15 is 0 Å². The highest BCUT2D eigenvalue weighted by Crippen LogP contribution is 2.27. The van der Waals surface area contributed by atoms with Crippen molar-refractivity contribution in [2.45, 2.75) is 6.61 Å². The number of rotatable bonds is 4. The van der Waals surface area contributed by atoms with Gasteiger partial charge in [-0.3, -0.25) is 0 Å². The van der Waals surface area contributed by atoms with E-state index in [1.54, 1.807) is 12.1 Å². The molecule has 0 saturated heterocycles. The Labute approximate surface area is 140 Å². The van der Waals surface area contributed by atoms with Gasteiger partial charge in [0, 0.05) is 5.39 Å². The maximum atomic E-state index is 5.82. The summed E-state index contributed by atoms with van der Waals surface area (Å²) >= 11 is 3.24. The number of aromatic nitrogens is 2. The van der Waals surface area contributed by atoms with E-state index in [2.05, 4.69) is 26.1 Å². The van der Waals surface area contributed by atoms with Crippen molar-refractivity contribution >= 4 is 26.7 Å². The fraction of sp³-hybridized carbons (Fsp3) is 0.0588. The van der Waals surface area contributed by atoms with Crippen LogP contribution < -0.4 is 4.74 Å². The minimum Gasteiger partial charge on any atom is -0.483 e. The van der Waals surface area contributed by atoms with Gasteiger partial charge in [-0.2, -0.15) is 0 Å². The molecular formula is C17H11BrN2O3. The van der Waals surface area contributed by atoms with Crippen LogP contribution in [0.4, 0.5) is 0 Å². The molecule has 23 heavy (non-hydrogen) atoms. The van der Waals surface area contributed by atoms with E-state index in [0.29, 0.717) is 22.2 Å². The van der Waals surface area contributed by atoms with Gasteiger partial charge in [0.2, 0.25) is 0 Å². The van der Waals surface area contributed by atoms with Gasteiger partial charge in [0.1, 0.15) is 5.75 Å². The van der Waals surface area contributed by atoms with Crippen LogP contribution in [0.2, 0.25) is 0 Å². The monoisotopic (exact) mass is 370 g/mol. The van der Waals surface area contributed by atoms with Gasteiger partial charge in [0.05, 0.1) is 0 Å². The first-order chi connectivity index (χ1) is 11.3. The predicted molar refractivity (Wildman–Crippen MR) is 88.0 cm³/mol. The van der Waals surface area contributed by atoms with E-state index < -0.39 is 0 Å². The molecule has 2 heterocycles. The Bertz CT molecular complexity index is 956. The summed E-state index contributed by atoms with van der Waals surface area (Å²) in [5.74, 6) is 2.01. The standard InChI is InChI=1S/C17H11BrN2O3/c18-15-9-8-14(22-15)17-20-19-16(23-17)10-21-13-7-3-5-11-4-1-2-6-12(11)13/h1-9H,10H2. The molecule has 0 spiro atoms. The summed E-state index contributed by atoms with van der Waals surface area (Å²) < 4.78 is 17.4. The lowest BCUT2D eigenvalue weighted by Gasteiger charge is -2.06. The summed E-state index contributed by atoms with van der Waals surface area (Å²) in [6.45, 7) is 0.197. The summed E-state index contributed by atoms with van der Waals surface area (Å²) in [5, 5.41) is 10.1. The Hall–Kier alpha value is -2.60. The van der Waals surface area contributed by atoms with E-state index in [1.807, 2.05) is 42.5 Å². The first-order valence-electron chi connectivity index (χ1n) is 6.98. The van der Waals surface area contributed by atoms with E-state index in [9.17, 15) is 0 Å². The molecule has 2 aromatic carbocycles. The molecule has 0 aliphatic rings. The van der Waals surface area contributed by atoms with Gasteiger partial charge in [0.25, 0.3) is 11.8 Å². The summed E-state index contributed by atoms with van der Waals surface area (Å²) in [5.41, 5.74) is 0. The maximum Gasteiger partial charge on any atom is 0.283 e. The van der Waals surface area contributed by atoms with E-state index in [-0.39, 0.29) is 6.61 Å². The highest BCUT2D eigenvalue weighted by Gasteiger charge is 2.13. The number of hydrogen-bond acceptors (Lipinski definition) is 5. The zero-order chi connectivity index (χ0) is 15.6. The normalized spacial score (nSPS) is 11.0. The molecule has 5 nitrogen and oxygen atoms in total. The number of hydrogen-bond donors (Lipinski definition) is 0. The maximum absolute atomic E-state index is 5.82. The lowest BCUT2D eigenvalue weighted by Crippen LogP contribution is -1.96. The average Bonchev–Trinajstić information content (AvgIpc) is 3.21. The van der Waals surface area contributed by atoms with Gasteiger partial charge in [-0.05, 0) is 39.5 Å². The molecule has 4 rings (SSSR count). The molecule has 2 aromatic heterocycles. The number of furan rings is 1. The fourth-order valence-corrected chi connectivity index (χ4v) is 2.61. The fourth-order valence-electron chi connectivity index (χ4n) is 2.30. The van der Waals surface area contributed by atoms with Crippen LogP contribution in [-0.4, -0.2) is 10.2 Å². The van der Waals surface area contributed by atoms with Crippen LogP contribution in [0.3, 0.4) is 0 Å². The van der Waals surface area contributed by atoms with Crippen LogP contribution in [-0.2, 0) is 6.61 Å². The van der Waals surface area contributed by atoms with Crippen LogP contribution in [0.25, 0.3) is 22.4 Å². The lowest BCUT2D eigenvalue weighted by atomic mass is 10.1. The Kier molecular flexibility index (Phi) is 3.59. The number of halogens is 1. The molecule has 0 amide bonds. The quantitative estimate of drug-likeness (QED) is 0.515. The summed E-state index contributed by atoms with van der Waals surface area (Å²) in [6, 6.07) is 17.5. The minimum atomic E-state index is 0.197. The van der Waals surface area contributed by atoms with Gasteiger partial charge in [-0.25, -0.2) is 0 Å². The Balaban J connectivity index is 1.54. The van der Waals surface area contributed by atoms with Gasteiger partial charge in [-0.1, -0.05) is 36.4 Å². The highest BCUT2D eigenvalue weighted by molar-refractivity contribution is 9.10. The van der Waals surface area contributed by atoms with Crippen LogP contribution in [0.1, 0.15) is 5.89 Å². The molecule has 0 aliphatic carbocycles. The van der Waals surface area contributed by atoms with E-state index in [0.717, 1.165) is 16.5 Å². The second-order valence-electron chi connectivity index (χ2n) is 4.87. The van der Waals surface area contributed by atoms with E-state index in [1.165, 1.54) is 0 Å². The van der Waals surface area contributed by atoms with Crippen LogP contribution in [0.5, 0.6) is 5.75 Å². The molecule has 6 heteroatoms. The Morgan fingerprint density at radius 1 is 0.913 bits per heavy atom. The smallest absolute Gasteiger partial charge is 0.283 e. The SMILES string of the molecule is Brc1ccc(-c2nnc(COc3cccc4ccccc34)o2)o1. The third-order valence-electron chi connectivity index (χ3n) is 3.35. The van der Waals surface area contributed by atoms with Crippen molar-refractivity contribution in [2.75, 3.05) is 0 Å². The van der Waals surface area contributed by atoms with Crippen molar-refractivity contribution in [2.24, 2.45) is 0 Å². The van der Waals surface area contributed by atoms with Crippen molar-refractivity contribution in [3.8, 4) is 17.4 Å². The molecule has 0 radical (unpaired) electrons. The van der Waals surface area contributed by atoms with Gasteiger partial charge in [0.15, 0.2) is 17.0 Å². The van der Waals surface area contributed by atoms with Crippen molar-refractivity contribution in [1.82, 2.24) is 10.2 Å². The Morgan fingerprint density at radius 3 is 2.65 bits per heavy atom. The largest absolute Gasteiger partial charge is 0.483 e. The second kappa shape index (κ2) is 5.89. The zero-order valence-corrected chi connectivity index (χ0v) is 13.5. The molecule has 0 atom stereocenters. The molecular weight excluding hydrogens is 360 g/mol.